The summed E-state index contributed by atoms with van der Waals surface area (Å²) < 4.78 is 25.1. The van der Waals surface area contributed by atoms with Crippen molar-refractivity contribution < 1.29 is 13.7 Å². The highest BCUT2D eigenvalue weighted by Crippen LogP contribution is 2.35. The Balaban J connectivity index is -0.000000126. The van der Waals surface area contributed by atoms with Gasteiger partial charge in [0, 0.05) is 20.4 Å². The van der Waals surface area contributed by atoms with Crippen molar-refractivity contribution in [2.45, 2.75) is 7.43 Å². The minimum absolute atomic E-state index is 0. The fourth-order valence-electron chi connectivity index (χ4n) is 0. The second-order valence-corrected chi connectivity index (χ2v) is 9.97. The van der Waals surface area contributed by atoms with E-state index in [0.717, 1.165) is 0 Å². The average Bonchev–Trinajstić information content (AvgIpc) is 1.59. The molecule has 0 bridgehead atoms. The standard InChI is InChI=1S/C3H9O2P.C3H9OP.CH4/c1-5-6(2,3)4;1-5(2,3)4;/h1-3H3;1-3H3;1H4. The van der Waals surface area contributed by atoms with Crippen LogP contribution in [0.2, 0.25) is 0 Å². The highest BCUT2D eigenvalue weighted by molar-refractivity contribution is 7.61. The van der Waals surface area contributed by atoms with Crippen LogP contribution in [0.5, 0.6) is 0 Å². The summed E-state index contributed by atoms with van der Waals surface area (Å²) in [4.78, 5) is 0. The summed E-state index contributed by atoms with van der Waals surface area (Å²) >= 11 is 0. The monoisotopic (exact) mass is 216 g/mol. The Morgan fingerprint density at radius 2 is 1.00 bits per heavy atom. The van der Waals surface area contributed by atoms with Gasteiger partial charge in [0.25, 0.3) is 0 Å². The maximum atomic E-state index is 10.4. The molecule has 0 rings (SSSR count). The molecule has 0 heterocycles. The van der Waals surface area contributed by atoms with Gasteiger partial charge in [-0.2, -0.15) is 0 Å². The quantitative estimate of drug-likeness (QED) is 0.632. The Morgan fingerprint density at radius 1 is 0.917 bits per heavy atom. The van der Waals surface area contributed by atoms with E-state index in [1.54, 1.807) is 33.3 Å². The van der Waals surface area contributed by atoms with E-state index in [1.165, 1.54) is 7.11 Å². The first-order valence-corrected chi connectivity index (χ1v) is 8.76. The van der Waals surface area contributed by atoms with Gasteiger partial charge < -0.3 is 9.09 Å². The molecule has 3 nitrogen and oxygen atoms in total. The van der Waals surface area contributed by atoms with E-state index in [1.807, 2.05) is 0 Å². The summed E-state index contributed by atoms with van der Waals surface area (Å²) in [5, 5.41) is 0. The third kappa shape index (κ3) is 79.1. The van der Waals surface area contributed by atoms with E-state index >= 15 is 0 Å². The lowest BCUT2D eigenvalue weighted by Gasteiger charge is -1.98. The van der Waals surface area contributed by atoms with E-state index < -0.39 is 14.5 Å². The van der Waals surface area contributed by atoms with Crippen molar-refractivity contribution in [1.82, 2.24) is 0 Å². The number of hydrogen-bond acceptors (Lipinski definition) is 3. The van der Waals surface area contributed by atoms with Gasteiger partial charge in [-0.05, 0) is 20.0 Å². The lowest BCUT2D eigenvalue weighted by atomic mass is 11.8. The highest BCUT2D eigenvalue weighted by Gasteiger charge is 1.99. The molecule has 0 unspecified atom stereocenters. The predicted octanol–water partition coefficient (Wildman–Crippen LogP) is 3.05. The van der Waals surface area contributed by atoms with Gasteiger partial charge in [-0.15, -0.1) is 0 Å². The van der Waals surface area contributed by atoms with Crippen molar-refractivity contribution in [2.24, 2.45) is 0 Å². The van der Waals surface area contributed by atoms with E-state index in [2.05, 4.69) is 4.52 Å². The van der Waals surface area contributed by atoms with Crippen molar-refractivity contribution in [1.29, 1.82) is 0 Å². The van der Waals surface area contributed by atoms with Crippen molar-refractivity contribution in [3.8, 4) is 0 Å². The topological polar surface area (TPSA) is 43.4 Å². The summed E-state index contributed by atoms with van der Waals surface area (Å²) in [5.74, 6) is 0. The average molecular weight is 216 g/mol. The smallest absolute Gasteiger partial charge is 0.196 e. The lowest BCUT2D eigenvalue weighted by Crippen LogP contribution is -1.74. The number of hydrogen-bond donors (Lipinski definition) is 0. The van der Waals surface area contributed by atoms with Crippen LogP contribution in [-0.2, 0) is 13.7 Å². The zero-order valence-electron chi connectivity index (χ0n) is 8.12. The minimum Gasteiger partial charge on any atom is -0.332 e. The first-order chi connectivity index (χ1) is 4.56. The fraction of sp³-hybridized carbons (Fsp3) is 1.00. The summed E-state index contributed by atoms with van der Waals surface area (Å²) in [6, 6.07) is 0. The summed E-state index contributed by atoms with van der Waals surface area (Å²) in [6.07, 6.45) is 0. The van der Waals surface area contributed by atoms with Gasteiger partial charge in [-0.3, -0.25) is 4.57 Å². The van der Waals surface area contributed by atoms with Crippen LogP contribution >= 0.6 is 14.5 Å². The molecule has 0 spiro atoms. The van der Waals surface area contributed by atoms with Crippen LogP contribution in [0.4, 0.5) is 0 Å². The van der Waals surface area contributed by atoms with Crippen LogP contribution in [0, 0.1) is 0 Å². The van der Waals surface area contributed by atoms with E-state index in [9.17, 15) is 9.13 Å². The van der Waals surface area contributed by atoms with Gasteiger partial charge >= 0.3 is 0 Å². The first kappa shape index (κ1) is 18.3. The molecule has 0 fully saturated rings. The SMILES string of the molecule is C.COP(C)(C)=O.CP(C)(C)=O. The second kappa shape index (κ2) is 6.88. The molecule has 0 aromatic rings. The molecule has 0 aliphatic heterocycles. The van der Waals surface area contributed by atoms with Gasteiger partial charge in [0.1, 0.15) is 0 Å². The van der Waals surface area contributed by atoms with E-state index in [4.69, 9.17) is 0 Å². The molecule has 12 heavy (non-hydrogen) atoms. The zero-order valence-corrected chi connectivity index (χ0v) is 9.91. The Morgan fingerprint density at radius 3 is 1.00 bits per heavy atom. The molecular formula is C7H22O3P2. The zero-order chi connectivity index (χ0) is 9.71. The van der Waals surface area contributed by atoms with Crippen molar-refractivity contribution >= 4 is 14.5 Å². The number of rotatable bonds is 1. The Bertz CT molecular complexity index is 169. The molecular weight excluding hydrogens is 194 g/mol. The molecule has 0 atom stereocenters. The van der Waals surface area contributed by atoms with Crippen molar-refractivity contribution in [2.75, 3.05) is 40.4 Å². The van der Waals surface area contributed by atoms with Crippen molar-refractivity contribution in [3.63, 3.8) is 0 Å². The van der Waals surface area contributed by atoms with Gasteiger partial charge in [0.05, 0.1) is 7.14 Å². The predicted molar refractivity (Wildman–Crippen MR) is 58.6 cm³/mol. The maximum Gasteiger partial charge on any atom is 0.196 e. The van der Waals surface area contributed by atoms with Crippen LogP contribution in [0.25, 0.3) is 0 Å². The molecule has 0 saturated carbocycles. The second-order valence-electron chi connectivity index (χ2n) is 3.32. The Labute approximate surface area is 76.7 Å². The summed E-state index contributed by atoms with van der Waals surface area (Å²) in [6.45, 7) is 8.38. The molecule has 0 saturated heterocycles. The molecule has 0 radical (unpaired) electrons. The van der Waals surface area contributed by atoms with E-state index in [0.29, 0.717) is 0 Å². The van der Waals surface area contributed by atoms with Crippen LogP contribution < -0.4 is 0 Å². The molecule has 0 aliphatic rings. The molecule has 0 N–H and O–H groups in total. The van der Waals surface area contributed by atoms with Crippen LogP contribution in [0.15, 0.2) is 0 Å². The third-order valence-electron chi connectivity index (χ3n) is 0.440. The third-order valence-corrected chi connectivity index (χ3v) is 1.32. The summed E-state index contributed by atoms with van der Waals surface area (Å²) in [7, 11) is -2.34. The fourth-order valence-corrected chi connectivity index (χ4v) is 0. The Hall–Kier alpha value is 0.420. The van der Waals surface area contributed by atoms with Crippen LogP contribution in [0.1, 0.15) is 7.43 Å². The van der Waals surface area contributed by atoms with Gasteiger partial charge in [-0.1, -0.05) is 7.43 Å². The summed E-state index contributed by atoms with van der Waals surface area (Å²) in [5.41, 5.74) is 0. The van der Waals surface area contributed by atoms with Gasteiger partial charge in [0.2, 0.25) is 0 Å². The van der Waals surface area contributed by atoms with Gasteiger partial charge in [-0.25, -0.2) is 0 Å². The van der Waals surface area contributed by atoms with Gasteiger partial charge in [0.15, 0.2) is 7.37 Å². The minimum atomic E-state index is -2.15. The molecule has 5 heteroatoms. The molecule has 0 aromatic carbocycles. The Kier molecular flexibility index (Phi) is 10.5. The van der Waals surface area contributed by atoms with Crippen LogP contribution in [-0.4, -0.2) is 40.4 Å². The molecule has 0 aromatic heterocycles. The first-order valence-electron chi connectivity index (χ1n) is 3.19. The maximum absolute atomic E-state index is 10.4. The molecule has 0 aliphatic carbocycles. The highest BCUT2D eigenvalue weighted by atomic mass is 31.2. The van der Waals surface area contributed by atoms with Crippen molar-refractivity contribution in [3.05, 3.63) is 0 Å². The molecule has 78 valence electrons. The largest absolute Gasteiger partial charge is 0.332 e. The normalized spacial score (nSPS) is 10.8. The van der Waals surface area contributed by atoms with E-state index in [-0.39, 0.29) is 7.43 Å². The van der Waals surface area contributed by atoms with Crippen LogP contribution in [0.3, 0.4) is 0 Å². The lowest BCUT2D eigenvalue weighted by molar-refractivity contribution is 0.404. The molecule has 0 amide bonds.